The van der Waals surface area contributed by atoms with Crippen LogP contribution >= 0.6 is 0 Å². The topological polar surface area (TPSA) is 88.1 Å². The van der Waals surface area contributed by atoms with Crippen LogP contribution in [-0.4, -0.2) is 36.3 Å². The Hall–Kier alpha value is -3.17. The summed E-state index contributed by atoms with van der Waals surface area (Å²) in [5.41, 5.74) is 10.3. The molecule has 28 heavy (non-hydrogen) atoms. The van der Waals surface area contributed by atoms with Crippen molar-refractivity contribution >= 4 is 22.5 Å². The molecule has 6 nitrogen and oxygen atoms in total. The fourth-order valence-corrected chi connectivity index (χ4v) is 3.82. The third-order valence-corrected chi connectivity index (χ3v) is 5.48. The first-order chi connectivity index (χ1) is 13.7. The molecular formula is C22H21N5O. The van der Waals surface area contributed by atoms with Gasteiger partial charge in [0.1, 0.15) is 23.3 Å². The summed E-state index contributed by atoms with van der Waals surface area (Å²) in [4.78, 5) is 11.7. The van der Waals surface area contributed by atoms with Gasteiger partial charge < -0.3 is 15.4 Å². The van der Waals surface area contributed by atoms with Gasteiger partial charge in [0.15, 0.2) is 0 Å². The second-order valence-corrected chi connectivity index (χ2v) is 7.39. The van der Waals surface area contributed by atoms with Crippen molar-refractivity contribution in [1.29, 1.82) is 5.26 Å². The number of hydrogen-bond donors (Lipinski definition) is 1. The van der Waals surface area contributed by atoms with Crippen molar-refractivity contribution in [2.75, 3.05) is 36.9 Å². The summed E-state index contributed by atoms with van der Waals surface area (Å²) in [7, 11) is 0. The molecular weight excluding hydrogens is 350 g/mol. The molecule has 1 saturated heterocycles. The Bertz CT molecular complexity index is 1090. The molecule has 1 aromatic carbocycles. The molecule has 0 unspecified atom stereocenters. The van der Waals surface area contributed by atoms with Gasteiger partial charge in [-0.25, -0.2) is 9.97 Å². The van der Waals surface area contributed by atoms with Crippen LogP contribution in [0.4, 0.5) is 11.6 Å². The number of anilines is 2. The smallest absolute Gasteiger partial charge is 0.142 e. The van der Waals surface area contributed by atoms with Crippen LogP contribution in [0.25, 0.3) is 22.0 Å². The van der Waals surface area contributed by atoms with E-state index in [-0.39, 0.29) is 0 Å². The number of morpholine rings is 1. The van der Waals surface area contributed by atoms with Crippen LogP contribution in [0.2, 0.25) is 0 Å². The average Bonchev–Trinajstić information content (AvgIpc) is 3.58. The molecule has 1 aliphatic heterocycles. The lowest BCUT2D eigenvalue weighted by molar-refractivity contribution is 0.122. The predicted molar refractivity (Wildman–Crippen MR) is 109 cm³/mol. The molecule has 0 atom stereocenters. The molecule has 3 heterocycles. The summed E-state index contributed by atoms with van der Waals surface area (Å²) in [6.07, 6.45) is 2.26. The molecule has 0 radical (unpaired) electrons. The first-order valence-electron chi connectivity index (χ1n) is 9.68. The molecule has 140 valence electrons. The number of aromatic nitrogens is 2. The van der Waals surface area contributed by atoms with E-state index in [9.17, 15) is 5.26 Å². The number of benzene rings is 1. The number of nitriles is 1. The maximum absolute atomic E-state index is 9.80. The Morgan fingerprint density at radius 1 is 1.07 bits per heavy atom. The summed E-state index contributed by atoms with van der Waals surface area (Å²) in [5.74, 6) is 1.64. The van der Waals surface area contributed by atoms with Crippen molar-refractivity contribution in [2.24, 2.45) is 0 Å². The van der Waals surface area contributed by atoms with Crippen LogP contribution in [0, 0.1) is 11.3 Å². The number of rotatable bonds is 3. The highest BCUT2D eigenvalue weighted by molar-refractivity contribution is 5.92. The van der Waals surface area contributed by atoms with Crippen molar-refractivity contribution < 1.29 is 4.74 Å². The van der Waals surface area contributed by atoms with Crippen molar-refractivity contribution in [1.82, 2.24) is 9.97 Å². The monoisotopic (exact) mass is 371 g/mol. The lowest BCUT2D eigenvalue weighted by Gasteiger charge is -2.30. The van der Waals surface area contributed by atoms with E-state index in [1.54, 1.807) is 0 Å². The molecule has 5 rings (SSSR count). The second kappa shape index (κ2) is 6.77. The van der Waals surface area contributed by atoms with Gasteiger partial charge in [-0.2, -0.15) is 5.26 Å². The van der Waals surface area contributed by atoms with E-state index in [1.165, 1.54) is 0 Å². The number of hydrogen-bond acceptors (Lipinski definition) is 6. The minimum absolute atomic E-state index is 0.308. The largest absolute Gasteiger partial charge is 0.383 e. The lowest BCUT2D eigenvalue weighted by Crippen LogP contribution is -2.37. The van der Waals surface area contributed by atoms with Gasteiger partial charge in [0.25, 0.3) is 0 Å². The van der Waals surface area contributed by atoms with Crippen LogP contribution < -0.4 is 10.6 Å². The molecule has 1 saturated carbocycles. The number of nitrogen functional groups attached to an aromatic ring is 1. The van der Waals surface area contributed by atoms with E-state index in [2.05, 4.69) is 22.0 Å². The van der Waals surface area contributed by atoms with E-state index in [0.29, 0.717) is 30.5 Å². The van der Waals surface area contributed by atoms with E-state index in [0.717, 1.165) is 59.5 Å². The van der Waals surface area contributed by atoms with E-state index in [1.807, 2.05) is 30.3 Å². The predicted octanol–water partition coefficient (Wildman–Crippen LogP) is 3.46. The summed E-state index contributed by atoms with van der Waals surface area (Å²) in [6, 6.07) is 14.5. The Morgan fingerprint density at radius 2 is 1.86 bits per heavy atom. The molecule has 2 fully saturated rings. The minimum Gasteiger partial charge on any atom is -0.383 e. The third-order valence-electron chi connectivity index (χ3n) is 5.48. The van der Waals surface area contributed by atoms with E-state index in [4.69, 9.17) is 15.5 Å². The number of nitrogens with two attached hydrogens (primary N) is 1. The van der Waals surface area contributed by atoms with Crippen molar-refractivity contribution in [3.8, 4) is 17.2 Å². The molecule has 2 aliphatic rings. The van der Waals surface area contributed by atoms with Crippen molar-refractivity contribution in [2.45, 2.75) is 18.8 Å². The summed E-state index contributed by atoms with van der Waals surface area (Å²) < 4.78 is 5.53. The first-order valence-corrected chi connectivity index (χ1v) is 9.68. The zero-order chi connectivity index (χ0) is 19.1. The second-order valence-electron chi connectivity index (χ2n) is 7.39. The zero-order valence-corrected chi connectivity index (χ0v) is 15.6. The van der Waals surface area contributed by atoms with E-state index >= 15 is 0 Å². The van der Waals surface area contributed by atoms with Crippen molar-refractivity contribution in [3.05, 3.63) is 47.7 Å². The lowest BCUT2D eigenvalue weighted by atomic mass is 9.97. The third kappa shape index (κ3) is 2.94. The highest BCUT2D eigenvalue weighted by Crippen LogP contribution is 2.43. The molecule has 2 N–H and O–H groups in total. The Morgan fingerprint density at radius 3 is 2.61 bits per heavy atom. The molecule has 1 aliphatic carbocycles. The van der Waals surface area contributed by atoms with Gasteiger partial charge in [-0.15, -0.1) is 0 Å². The maximum atomic E-state index is 9.80. The fraction of sp³-hybridized carbons (Fsp3) is 0.318. The van der Waals surface area contributed by atoms with Gasteiger partial charge in [-0.3, -0.25) is 0 Å². The Balaban J connectivity index is 1.76. The van der Waals surface area contributed by atoms with Crippen LogP contribution in [0.1, 0.15) is 30.0 Å². The molecule has 0 amide bonds. The van der Waals surface area contributed by atoms with Crippen LogP contribution in [0.5, 0.6) is 0 Å². The summed E-state index contributed by atoms with van der Waals surface area (Å²) in [6.45, 7) is 2.89. The van der Waals surface area contributed by atoms with Crippen LogP contribution in [-0.2, 0) is 4.74 Å². The van der Waals surface area contributed by atoms with Crippen LogP contribution in [0.3, 0.4) is 0 Å². The molecule has 0 bridgehead atoms. The van der Waals surface area contributed by atoms with Gasteiger partial charge in [-0.1, -0.05) is 18.2 Å². The molecule has 0 spiro atoms. The van der Waals surface area contributed by atoms with Gasteiger partial charge in [0.05, 0.1) is 18.7 Å². The highest BCUT2D eigenvalue weighted by atomic mass is 16.5. The first kappa shape index (κ1) is 17.0. The zero-order valence-electron chi connectivity index (χ0n) is 15.6. The average molecular weight is 371 g/mol. The summed E-state index contributed by atoms with van der Waals surface area (Å²) in [5, 5.41) is 10.8. The van der Waals surface area contributed by atoms with Gasteiger partial charge >= 0.3 is 0 Å². The number of pyridine rings is 2. The van der Waals surface area contributed by atoms with Crippen molar-refractivity contribution in [3.63, 3.8) is 0 Å². The Kier molecular flexibility index (Phi) is 4.10. The minimum atomic E-state index is 0.308. The number of nitrogens with zero attached hydrogens (tertiary/aromatic N) is 4. The van der Waals surface area contributed by atoms with Crippen LogP contribution in [0.15, 0.2) is 36.4 Å². The fourth-order valence-electron chi connectivity index (χ4n) is 3.82. The molecule has 3 aromatic rings. The normalized spacial score (nSPS) is 16.9. The number of fused-ring (bicyclic) bond motifs is 1. The number of para-hydroxylation sites is 1. The number of ether oxygens (including phenoxy) is 1. The van der Waals surface area contributed by atoms with Gasteiger partial charge in [-0.05, 0) is 31.0 Å². The van der Waals surface area contributed by atoms with Gasteiger partial charge in [0, 0.05) is 41.2 Å². The standard InChI is InChI=1S/C22H21N5O/c23-13-18-16(12-20(14-5-6-14)25-21(18)24)17-11-15-3-1-2-4-19(15)26-22(17)27-7-9-28-10-8-27/h1-4,11-12,14H,5-10H2,(H2,24,25). The quantitative estimate of drug-likeness (QED) is 0.758. The summed E-state index contributed by atoms with van der Waals surface area (Å²) >= 11 is 0. The molecule has 2 aromatic heterocycles. The maximum Gasteiger partial charge on any atom is 0.142 e. The highest BCUT2D eigenvalue weighted by Gasteiger charge is 2.28. The molecule has 6 heteroatoms. The Labute approximate surface area is 163 Å². The SMILES string of the molecule is N#Cc1c(-c2cc3ccccc3nc2N2CCOCC2)cc(C2CC2)nc1N. The van der Waals surface area contributed by atoms with Gasteiger partial charge in [0.2, 0.25) is 0 Å². The van der Waals surface area contributed by atoms with E-state index < -0.39 is 0 Å².